The Hall–Kier alpha value is -3.49. The molecular weight excluding hydrogens is 435 g/mol. The van der Waals surface area contributed by atoms with E-state index in [1.54, 1.807) is 12.6 Å². The first-order valence-electron chi connectivity index (χ1n) is 11.9. The van der Waals surface area contributed by atoms with Crippen LogP contribution in [0, 0.1) is 5.92 Å². The molecule has 3 aliphatic rings. The summed E-state index contributed by atoms with van der Waals surface area (Å²) in [6.45, 7) is 4.52. The normalized spacial score (nSPS) is 20.5. The van der Waals surface area contributed by atoms with E-state index < -0.39 is 6.17 Å². The lowest BCUT2D eigenvalue weighted by atomic mass is 9.95. The number of imidazole rings is 1. The third-order valence-electron chi connectivity index (χ3n) is 6.70. The summed E-state index contributed by atoms with van der Waals surface area (Å²) in [5, 5.41) is 9.71. The van der Waals surface area contributed by atoms with Crippen molar-refractivity contribution in [2.75, 3.05) is 19.6 Å². The number of carbonyl (C=O) groups excluding carboxylic acids is 1. The number of hydrogen-bond acceptors (Lipinski definition) is 6. The van der Waals surface area contributed by atoms with Gasteiger partial charge in [0.05, 0.1) is 36.4 Å². The van der Waals surface area contributed by atoms with Crippen molar-refractivity contribution in [2.45, 2.75) is 45.3 Å². The largest absolute Gasteiger partial charge is 0.464 e. The molecular formula is C25H29FN6O2. The summed E-state index contributed by atoms with van der Waals surface area (Å²) in [4.78, 5) is 24.3. The van der Waals surface area contributed by atoms with Gasteiger partial charge >= 0.3 is 0 Å². The second-order valence-electron chi connectivity index (χ2n) is 8.83. The number of fused-ring (bicyclic) bond motifs is 2. The third kappa shape index (κ3) is 4.47. The molecule has 3 aromatic rings. The minimum absolute atomic E-state index is 0.0498. The molecule has 0 bridgehead atoms. The van der Waals surface area contributed by atoms with Crippen LogP contribution in [0.4, 0.5) is 4.39 Å². The van der Waals surface area contributed by atoms with Crippen LogP contribution >= 0.6 is 0 Å². The Morgan fingerprint density at radius 2 is 2.00 bits per heavy atom. The molecule has 9 heteroatoms. The van der Waals surface area contributed by atoms with E-state index in [-0.39, 0.29) is 11.8 Å². The molecule has 0 aliphatic carbocycles. The van der Waals surface area contributed by atoms with Gasteiger partial charge in [0.1, 0.15) is 23.3 Å². The highest BCUT2D eigenvalue weighted by Crippen LogP contribution is 2.25. The van der Waals surface area contributed by atoms with Gasteiger partial charge in [-0.05, 0) is 31.4 Å². The van der Waals surface area contributed by atoms with Crippen molar-refractivity contribution in [1.82, 2.24) is 19.8 Å². The molecule has 1 aromatic carbocycles. The second kappa shape index (κ2) is 9.79. The van der Waals surface area contributed by atoms with Crippen molar-refractivity contribution in [3.63, 3.8) is 0 Å². The standard InChI is InChI=1S/C17H23FN6O.C8H6O/c1-2-12-15(21-22-16(12)23-6-3-11(18)4-7-23)17(25)24-8-5-13-14(9-24)20-10-19-13;1-2-4-8-7(3-1)5-6-9-8/h10-12H,2-9H2,1H3,(H,19,20);1-6H. The summed E-state index contributed by atoms with van der Waals surface area (Å²) < 4.78 is 18.5. The Kier molecular flexibility index (Phi) is 6.42. The van der Waals surface area contributed by atoms with Gasteiger partial charge in [0.15, 0.2) is 0 Å². The number of rotatable bonds is 2. The Labute approximate surface area is 197 Å². The van der Waals surface area contributed by atoms with Crippen LogP contribution in [0.15, 0.2) is 57.5 Å². The van der Waals surface area contributed by atoms with Crippen molar-refractivity contribution in [3.8, 4) is 0 Å². The molecule has 1 fully saturated rings. The van der Waals surface area contributed by atoms with E-state index in [0.717, 1.165) is 41.0 Å². The SMILES string of the molecule is CCC1C(C(=O)N2CCc3nc[nH]c3C2)=NN=C1N1CCC(F)CC1.c1ccc2occc2c1. The van der Waals surface area contributed by atoms with Crippen molar-refractivity contribution in [1.29, 1.82) is 0 Å². The molecule has 2 aromatic heterocycles. The molecule has 1 N–H and O–H groups in total. The first kappa shape index (κ1) is 22.3. The smallest absolute Gasteiger partial charge is 0.271 e. The summed E-state index contributed by atoms with van der Waals surface area (Å²) >= 11 is 0. The van der Waals surface area contributed by atoms with E-state index in [9.17, 15) is 9.18 Å². The molecule has 8 nitrogen and oxygen atoms in total. The number of H-pyrrole nitrogens is 1. The zero-order valence-electron chi connectivity index (χ0n) is 19.3. The minimum atomic E-state index is -0.725. The van der Waals surface area contributed by atoms with Gasteiger partial charge in [-0.2, -0.15) is 0 Å². The lowest BCUT2D eigenvalue weighted by Gasteiger charge is -2.33. The topological polar surface area (TPSA) is 90.1 Å². The van der Waals surface area contributed by atoms with Crippen molar-refractivity contribution < 1.29 is 13.6 Å². The fraction of sp³-hybridized carbons (Fsp3) is 0.440. The van der Waals surface area contributed by atoms with E-state index in [1.165, 1.54) is 0 Å². The first-order valence-corrected chi connectivity index (χ1v) is 11.9. The number of aromatic amines is 1. The number of benzene rings is 1. The van der Waals surface area contributed by atoms with E-state index in [4.69, 9.17) is 4.42 Å². The number of amidine groups is 1. The van der Waals surface area contributed by atoms with Gasteiger partial charge in [0.2, 0.25) is 0 Å². The second-order valence-corrected chi connectivity index (χ2v) is 8.83. The minimum Gasteiger partial charge on any atom is -0.464 e. The molecule has 3 aliphatic heterocycles. The van der Waals surface area contributed by atoms with Gasteiger partial charge in [0.25, 0.3) is 5.91 Å². The maximum absolute atomic E-state index is 13.4. The summed E-state index contributed by atoms with van der Waals surface area (Å²) in [6.07, 6.45) is 5.22. The quantitative estimate of drug-likeness (QED) is 0.622. The fourth-order valence-corrected chi connectivity index (χ4v) is 4.75. The summed E-state index contributed by atoms with van der Waals surface area (Å²) in [5.41, 5.74) is 3.51. The Morgan fingerprint density at radius 1 is 1.18 bits per heavy atom. The predicted molar refractivity (Wildman–Crippen MR) is 128 cm³/mol. The highest BCUT2D eigenvalue weighted by atomic mass is 19.1. The maximum Gasteiger partial charge on any atom is 0.271 e. The van der Waals surface area contributed by atoms with Crippen LogP contribution in [0.5, 0.6) is 0 Å². The van der Waals surface area contributed by atoms with Crippen molar-refractivity contribution in [3.05, 3.63) is 54.3 Å². The van der Waals surface area contributed by atoms with E-state index in [0.29, 0.717) is 44.7 Å². The van der Waals surface area contributed by atoms with Crippen LogP contribution in [0.3, 0.4) is 0 Å². The Bertz CT molecular complexity index is 1180. The van der Waals surface area contributed by atoms with Crippen molar-refractivity contribution >= 4 is 28.4 Å². The highest BCUT2D eigenvalue weighted by molar-refractivity contribution is 6.44. The van der Waals surface area contributed by atoms with Crippen LogP contribution in [0.1, 0.15) is 37.6 Å². The number of furan rings is 1. The number of hydrogen-bond donors (Lipinski definition) is 1. The van der Waals surface area contributed by atoms with Crippen LogP contribution in [0.2, 0.25) is 0 Å². The number of aromatic nitrogens is 2. The molecule has 1 atom stereocenters. The molecule has 1 amide bonds. The maximum atomic E-state index is 13.4. The van der Waals surface area contributed by atoms with Gasteiger partial charge in [0, 0.05) is 31.4 Å². The number of amides is 1. The van der Waals surface area contributed by atoms with Crippen LogP contribution in [-0.4, -0.2) is 63.0 Å². The molecule has 6 rings (SSSR count). The van der Waals surface area contributed by atoms with Gasteiger partial charge in [-0.3, -0.25) is 4.79 Å². The lowest BCUT2D eigenvalue weighted by Crippen LogP contribution is -2.47. The Morgan fingerprint density at radius 3 is 2.79 bits per heavy atom. The van der Waals surface area contributed by atoms with Gasteiger partial charge in [-0.15, -0.1) is 10.2 Å². The number of nitrogens with one attached hydrogen (secondary N) is 1. The van der Waals surface area contributed by atoms with E-state index in [2.05, 4.69) is 25.1 Å². The number of piperidine rings is 1. The number of likely N-dealkylation sites (tertiary alicyclic amines) is 1. The molecule has 0 spiro atoms. The monoisotopic (exact) mass is 464 g/mol. The molecule has 34 heavy (non-hydrogen) atoms. The van der Waals surface area contributed by atoms with Gasteiger partial charge < -0.3 is 19.2 Å². The number of halogens is 1. The van der Waals surface area contributed by atoms with Gasteiger partial charge in [-0.1, -0.05) is 25.1 Å². The molecule has 5 heterocycles. The summed E-state index contributed by atoms with van der Waals surface area (Å²) in [5.74, 6) is 0.690. The molecule has 0 radical (unpaired) electrons. The van der Waals surface area contributed by atoms with Gasteiger partial charge in [-0.25, -0.2) is 9.37 Å². The van der Waals surface area contributed by atoms with Crippen LogP contribution < -0.4 is 0 Å². The molecule has 0 saturated carbocycles. The number of para-hydroxylation sites is 1. The summed E-state index contributed by atoms with van der Waals surface area (Å²) in [6, 6.07) is 9.90. The third-order valence-corrected chi connectivity index (χ3v) is 6.70. The Balaban J connectivity index is 0.000000222. The zero-order chi connectivity index (χ0) is 23.5. The molecule has 1 unspecified atom stereocenters. The van der Waals surface area contributed by atoms with Crippen LogP contribution in [0.25, 0.3) is 11.0 Å². The zero-order valence-corrected chi connectivity index (χ0v) is 19.3. The average Bonchev–Trinajstić information content (AvgIpc) is 3.63. The predicted octanol–water partition coefficient (Wildman–Crippen LogP) is 3.96. The fourth-order valence-electron chi connectivity index (χ4n) is 4.75. The molecule has 178 valence electrons. The summed E-state index contributed by atoms with van der Waals surface area (Å²) in [7, 11) is 0. The number of nitrogens with zero attached hydrogens (tertiary/aromatic N) is 5. The number of carbonyl (C=O) groups is 1. The lowest BCUT2D eigenvalue weighted by molar-refractivity contribution is -0.125. The van der Waals surface area contributed by atoms with E-state index in [1.807, 2.05) is 42.2 Å². The van der Waals surface area contributed by atoms with Crippen molar-refractivity contribution in [2.24, 2.45) is 16.1 Å². The van der Waals surface area contributed by atoms with E-state index >= 15 is 0 Å². The van der Waals surface area contributed by atoms with Crippen LogP contribution in [-0.2, 0) is 17.8 Å². The number of alkyl halides is 1. The molecule has 1 saturated heterocycles. The average molecular weight is 465 g/mol. The highest BCUT2D eigenvalue weighted by Gasteiger charge is 2.38. The first-order chi connectivity index (χ1) is 16.6.